The second-order valence-corrected chi connectivity index (χ2v) is 8.19. The lowest BCUT2D eigenvalue weighted by atomic mass is 10.2. The van der Waals surface area contributed by atoms with Crippen LogP contribution >= 0.6 is 11.6 Å². The number of aryl methyl sites for hydroxylation is 1. The van der Waals surface area contributed by atoms with Gasteiger partial charge in [0.25, 0.3) is 5.91 Å². The highest BCUT2D eigenvalue weighted by atomic mass is 35.5. The van der Waals surface area contributed by atoms with E-state index in [-0.39, 0.29) is 18.1 Å². The summed E-state index contributed by atoms with van der Waals surface area (Å²) in [7, 11) is -3.07. The summed E-state index contributed by atoms with van der Waals surface area (Å²) in [6, 6.07) is 4.72. The van der Waals surface area contributed by atoms with Crippen molar-refractivity contribution in [1.29, 1.82) is 0 Å². The van der Waals surface area contributed by atoms with Gasteiger partial charge in [-0.2, -0.15) is 0 Å². The van der Waals surface area contributed by atoms with E-state index < -0.39 is 34.4 Å². The van der Waals surface area contributed by atoms with Crippen molar-refractivity contribution in [3.05, 3.63) is 28.8 Å². The minimum atomic E-state index is -3.07. The maximum Gasteiger partial charge on any atom is 0.344 e. The smallest absolute Gasteiger partial charge is 0.344 e. The molecule has 0 aromatic heterocycles. The van der Waals surface area contributed by atoms with Crippen molar-refractivity contribution in [3.63, 3.8) is 0 Å². The number of hydrogen-bond donors (Lipinski definition) is 1. The third kappa shape index (κ3) is 5.68. The SMILES string of the molecule is Cc1ccc(Cl)c(OCC(=O)OCC(=O)N[C@@H]2CCS(=O)(=O)C2)c1. The molecule has 0 unspecified atom stereocenters. The van der Waals surface area contributed by atoms with Gasteiger partial charge in [-0.15, -0.1) is 0 Å². The molecule has 1 fully saturated rings. The molecule has 1 amide bonds. The molecule has 0 radical (unpaired) electrons. The molecule has 1 aliphatic rings. The van der Waals surface area contributed by atoms with Gasteiger partial charge in [-0.1, -0.05) is 17.7 Å². The van der Waals surface area contributed by atoms with Gasteiger partial charge in [-0.05, 0) is 31.0 Å². The third-order valence-electron chi connectivity index (χ3n) is 3.39. The molecule has 0 saturated carbocycles. The van der Waals surface area contributed by atoms with Crippen LogP contribution in [-0.2, 0) is 24.2 Å². The van der Waals surface area contributed by atoms with Crippen molar-refractivity contribution in [2.24, 2.45) is 0 Å². The van der Waals surface area contributed by atoms with E-state index in [0.717, 1.165) is 5.56 Å². The first-order valence-electron chi connectivity index (χ1n) is 7.29. The summed E-state index contributed by atoms with van der Waals surface area (Å²) >= 11 is 5.94. The minimum Gasteiger partial charge on any atom is -0.480 e. The summed E-state index contributed by atoms with van der Waals surface area (Å²) in [5.74, 6) is -0.931. The van der Waals surface area contributed by atoms with Crippen LogP contribution in [-0.4, -0.2) is 51.1 Å². The highest BCUT2D eigenvalue weighted by Gasteiger charge is 2.29. The lowest BCUT2D eigenvalue weighted by molar-refractivity contribution is -0.150. The van der Waals surface area contributed by atoms with E-state index in [4.69, 9.17) is 21.1 Å². The summed E-state index contributed by atoms with van der Waals surface area (Å²) in [4.78, 5) is 23.2. The van der Waals surface area contributed by atoms with Crippen LogP contribution in [0.5, 0.6) is 5.75 Å². The Labute approximate surface area is 145 Å². The first-order chi connectivity index (χ1) is 11.2. The molecule has 7 nitrogen and oxygen atoms in total. The van der Waals surface area contributed by atoms with Gasteiger partial charge < -0.3 is 14.8 Å². The summed E-state index contributed by atoms with van der Waals surface area (Å²) < 4.78 is 32.6. The van der Waals surface area contributed by atoms with Crippen LogP contribution in [0, 0.1) is 6.92 Å². The molecule has 0 spiro atoms. The topological polar surface area (TPSA) is 98.8 Å². The molecule has 1 aromatic carbocycles. The quantitative estimate of drug-likeness (QED) is 0.741. The van der Waals surface area contributed by atoms with Crippen molar-refractivity contribution in [1.82, 2.24) is 5.32 Å². The summed E-state index contributed by atoms with van der Waals surface area (Å²) in [5.41, 5.74) is 0.925. The van der Waals surface area contributed by atoms with E-state index in [9.17, 15) is 18.0 Å². The van der Waals surface area contributed by atoms with Crippen LogP contribution in [0.4, 0.5) is 0 Å². The van der Waals surface area contributed by atoms with Gasteiger partial charge >= 0.3 is 5.97 Å². The number of hydrogen-bond acceptors (Lipinski definition) is 6. The average molecular weight is 376 g/mol. The number of amides is 1. The molecule has 0 bridgehead atoms. The largest absolute Gasteiger partial charge is 0.480 e. The lowest BCUT2D eigenvalue weighted by Gasteiger charge is -2.11. The van der Waals surface area contributed by atoms with Gasteiger partial charge in [0, 0.05) is 6.04 Å². The van der Waals surface area contributed by atoms with Crippen molar-refractivity contribution >= 4 is 33.3 Å². The van der Waals surface area contributed by atoms with E-state index in [1.54, 1.807) is 18.2 Å². The van der Waals surface area contributed by atoms with Crippen molar-refractivity contribution < 1.29 is 27.5 Å². The first-order valence-corrected chi connectivity index (χ1v) is 9.49. The predicted molar refractivity (Wildman–Crippen MR) is 87.8 cm³/mol. The number of carbonyl (C=O) groups excluding carboxylic acids is 2. The zero-order valence-electron chi connectivity index (χ0n) is 13.1. The number of nitrogens with one attached hydrogen (secondary N) is 1. The van der Waals surface area contributed by atoms with Gasteiger partial charge in [-0.25, -0.2) is 13.2 Å². The Hall–Kier alpha value is -1.80. The van der Waals surface area contributed by atoms with Crippen LogP contribution in [0.1, 0.15) is 12.0 Å². The minimum absolute atomic E-state index is 0.0584. The fraction of sp³-hybridized carbons (Fsp3) is 0.467. The molecule has 1 atom stereocenters. The molecular formula is C15H18ClNO6S. The van der Waals surface area contributed by atoms with E-state index >= 15 is 0 Å². The molecule has 1 N–H and O–H groups in total. The van der Waals surface area contributed by atoms with Crippen molar-refractivity contribution in [2.45, 2.75) is 19.4 Å². The van der Waals surface area contributed by atoms with E-state index in [0.29, 0.717) is 17.2 Å². The average Bonchev–Trinajstić information content (AvgIpc) is 2.85. The van der Waals surface area contributed by atoms with Gasteiger partial charge in [0.1, 0.15) is 5.75 Å². The fourth-order valence-corrected chi connectivity index (χ4v) is 4.07. The van der Waals surface area contributed by atoms with E-state index in [2.05, 4.69) is 5.32 Å². The number of esters is 1. The number of halogens is 1. The molecule has 1 aliphatic heterocycles. The Morgan fingerprint density at radius 2 is 2.08 bits per heavy atom. The maximum absolute atomic E-state index is 11.6. The lowest BCUT2D eigenvalue weighted by Crippen LogP contribution is -2.38. The summed E-state index contributed by atoms with van der Waals surface area (Å²) in [6.07, 6.45) is 0.372. The molecule has 132 valence electrons. The van der Waals surface area contributed by atoms with Crippen molar-refractivity contribution in [3.8, 4) is 5.75 Å². The van der Waals surface area contributed by atoms with Crippen LogP contribution in [0.2, 0.25) is 5.02 Å². The van der Waals surface area contributed by atoms with Gasteiger partial charge in [0.05, 0.1) is 16.5 Å². The Bertz CT molecular complexity index is 733. The Kier molecular flexibility index (Phi) is 6.06. The predicted octanol–water partition coefficient (Wildman–Crippen LogP) is 0.874. The highest BCUT2D eigenvalue weighted by molar-refractivity contribution is 7.91. The molecule has 9 heteroatoms. The fourth-order valence-electron chi connectivity index (χ4n) is 2.22. The molecule has 1 saturated heterocycles. The third-order valence-corrected chi connectivity index (χ3v) is 5.47. The van der Waals surface area contributed by atoms with Crippen molar-refractivity contribution in [2.75, 3.05) is 24.7 Å². The maximum atomic E-state index is 11.6. The number of benzene rings is 1. The summed E-state index contributed by atoms with van der Waals surface area (Å²) in [6.45, 7) is 0.990. The normalized spacial score (nSPS) is 18.8. The second kappa shape index (κ2) is 7.85. The van der Waals surface area contributed by atoms with Gasteiger partial charge in [0.2, 0.25) is 0 Å². The van der Waals surface area contributed by atoms with Crippen LogP contribution < -0.4 is 10.1 Å². The molecule has 1 heterocycles. The van der Waals surface area contributed by atoms with Crippen LogP contribution in [0.3, 0.4) is 0 Å². The second-order valence-electron chi connectivity index (χ2n) is 5.55. The molecular weight excluding hydrogens is 358 g/mol. The molecule has 0 aliphatic carbocycles. The first kappa shape index (κ1) is 18.5. The van der Waals surface area contributed by atoms with Crippen LogP contribution in [0.15, 0.2) is 18.2 Å². The zero-order chi connectivity index (χ0) is 17.7. The monoisotopic (exact) mass is 375 g/mol. The van der Waals surface area contributed by atoms with E-state index in [1.165, 1.54) is 0 Å². The standard InChI is InChI=1S/C15H18ClNO6S/c1-10-2-3-12(16)13(6-10)22-8-15(19)23-7-14(18)17-11-4-5-24(20,21)9-11/h2-3,6,11H,4-5,7-9H2,1H3,(H,17,18)/t11-/m1/s1. The Balaban J connectivity index is 1.71. The molecule has 24 heavy (non-hydrogen) atoms. The molecule has 2 rings (SSSR count). The van der Waals surface area contributed by atoms with Gasteiger partial charge in [-0.3, -0.25) is 4.79 Å². The van der Waals surface area contributed by atoms with E-state index in [1.807, 2.05) is 6.92 Å². The number of carbonyl (C=O) groups is 2. The number of ether oxygens (including phenoxy) is 2. The number of sulfone groups is 1. The van der Waals surface area contributed by atoms with Gasteiger partial charge in [0.15, 0.2) is 23.1 Å². The zero-order valence-corrected chi connectivity index (χ0v) is 14.7. The summed E-state index contributed by atoms with van der Waals surface area (Å²) in [5, 5.41) is 2.89. The number of rotatable bonds is 6. The Morgan fingerprint density at radius 1 is 1.33 bits per heavy atom. The Morgan fingerprint density at radius 3 is 2.75 bits per heavy atom. The van der Waals surface area contributed by atoms with Crippen LogP contribution in [0.25, 0.3) is 0 Å². The highest BCUT2D eigenvalue weighted by Crippen LogP contribution is 2.25. The molecule has 1 aromatic rings.